The van der Waals surface area contributed by atoms with Gasteiger partial charge in [-0.2, -0.15) is 0 Å². The Balaban J connectivity index is 1.37. The van der Waals surface area contributed by atoms with E-state index in [1.165, 1.54) is 16.3 Å². The first-order valence-corrected chi connectivity index (χ1v) is 22.0. The molecule has 11 nitrogen and oxygen atoms in total. The summed E-state index contributed by atoms with van der Waals surface area (Å²) in [5.41, 5.74) is 1.03. The van der Waals surface area contributed by atoms with Gasteiger partial charge in [0, 0.05) is 49.2 Å². The molecule has 0 spiro atoms. The number of carbonyl (C=O) groups excluding carboxylic acids is 1. The molecule has 2 fully saturated rings. The Morgan fingerprint density at radius 1 is 0.907 bits per heavy atom. The van der Waals surface area contributed by atoms with Crippen LogP contribution in [0, 0.1) is 6.92 Å². The van der Waals surface area contributed by atoms with Crippen molar-refractivity contribution in [1.82, 2.24) is 14.2 Å². The minimum Gasteiger partial charge on any atom is -0.497 e. The molecule has 0 radical (unpaired) electrons. The molecule has 4 aromatic rings. The number of carbonyl (C=O) groups is 1. The van der Waals surface area contributed by atoms with E-state index in [0.717, 1.165) is 59.9 Å². The molecule has 2 saturated heterocycles. The molecule has 1 unspecified atom stereocenters. The van der Waals surface area contributed by atoms with Crippen LogP contribution in [0.1, 0.15) is 61.1 Å². The minimum atomic E-state index is -1.11. The van der Waals surface area contributed by atoms with E-state index in [4.69, 9.17) is 23.5 Å². The lowest BCUT2D eigenvalue weighted by atomic mass is 9.80. The highest BCUT2D eigenvalue weighted by Crippen LogP contribution is 2.58. The topological polar surface area (TPSA) is 121 Å². The lowest BCUT2D eigenvalue weighted by Crippen LogP contribution is -2.38. The molecule has 14 heteroatoms. The summed E-state index contributed by atoms with van der Waals surface area (Å²) in [5, 5.41) is 0.184. The summed E-state index contributed by atoms with van der Waals surface area (Å²) in [6, 6.07) is 25.8. The molecule has 6 rings (SSSR count). The highest BCUT2D eigenvalue weighted by molar-refractivity contribution is 8.53. The Morgan fingerprint density at radius 2 is 1.52 bits per heavy atom. The predicted octanol–water partition coefficient (Wildman–Crippen LogP) is 7.27. The zero-order chi connectivity index (χ0) is 38.1. The van der Waals surface area contributed by atoms with Crippen LogP contribution in [0.2, 0.25) is 0 Å². The molecular weight excluding hydrogens is 746 g/mol. The summed E-state index contributed by atoms with van der Waals surface area (Å²) >= 11 is 3.11. The normalized spacial score (nSPS) is 19.5. The van der Waals surface area contributed by atoms with Gasteiger partial charge in [0.05, 0.1) is 26.9 Å². The number of benzene rings is 3. The van der Waals surface area contributed by atoms with Crippen molar-refractivity contribution in [3.05, 3.63) is 128 Å². The van der Waals surface area contributed by atoms with E-state index >= 15 is 0 Å². The molecule has 0 bridgehead atoms. The zero-order valence-electron chi connectivity index (χ0n) is 31.1. The third-order valence-corrected chi connectivity index (χ3v) is 15.0. The molecule has 0 saturated carbocycles. The lowest BCUT2D eigenvalue weighted by Gasteiger charge is -2.37. The second kappa shape index (κ2) is 18.9. The van der Waals surface area contributed by atoms with Gasteiger partial charge in [0.2, 0.25) is 0 Å². The summed E-state index contributed by atoms with van der Waals surface area (Å²) in [6.07, 6.45) is 2.90. The van der Waals surface area contributed by atoms with Gasteiger partial charge >= 0.3 is 5.69 Å². The second-order valence-corrected chi connectivity index (χ2v) is 17.9. The van der Waals surface area contributed by atoms with Crippen LogP contribution in [0.15, 0.2) is 94.6 Å². The predicted molar refractivity (Wildman–Crippen MR) is 216 cm³/mol. The van der Waals surface area contributed by atoms with E-state index in [9.17, 15) is 14.4 Å². The summed E-state index contributed by atoms with van der Waals surface area (Å²) in [5.74, 6) is 2.91. The van der Waals surface area contributed by atoms with Crippen molar-refractivity contribution in [2.24, 2.45) is 0 Å². The number of aromatic nitrogens is 2. The number of aromatic amines is 1. The standard InChI is InChI=1S/C40H48N3O8PS2/c1-5-37(44)53-23-24-54-52(42-21-9-10-22-42)51-34-25-36(43-26-28(2)38(45)41-39(43)46)50-35(34)27-49-40(29-11-7-6-8-12-29,30-13-17-32(47-3)18-14-30)31-15-19-33(48-4)20-16-31/h6-8,11-20,26,34-36H,5,9-10,21-25,27H2,1-4H3,(H,41,45,46)/t34-,35+,36+,52?/m0/s1. The SMILES string of the molecule is CCC(=O)SCCSP(O[C@H]1C[C@H](n2cc(C)c(=O)[nH]c2=O)O[C@@H]1COC(c1ccccc1)(c1ccc(OC)cc1)c1ccc(OC)cc1)N1CCCC1. The first-order valence-electron chi connectivity index (χ1n) is 18.2. The number of H-pyrrole nitrogens is 1. The number of rotatable bonds is 17. The molecule has 0 amide bonds. The maximum Gasteiger partial charge on any atom is 0.330 e. The molecule has 3 heterocycles. The Morgan fingerprint density at radius 3 is 2.11 bits per heavy atom. The van der Waals surface area contributed by atoms with Gasteiger partial charge in [0.25, 0.3) is 5.56 Å². The Kier molecular flexibility index (Phi) is 14.1. The highest BCUT2D eigenvalue weighted by Gasteiger charge is 2.44. The smallest absolute Gasteiger partial charge is 0.330 e. The molecule has 0 aliphatic carbocycles. The second-order valence-electron chi connectivity index (χ2n) is 13.1. The van der Waals surface area contributed by atoms with Gasteiger partial charge in [0.15, 0.2) is 12.6 Å². The van der Waals surface area contributed by atoms with Gasteiger partial charge in [0.1, 0.15) is 29.4 Å². The number of hydrogen-bond acceptors (Lipinski definition) is 11. The van der Waals surface area contributed by atoms with E-state index in [0.29, 0.717) is 24.2 Å². The lowest BCUT2D eigenvalue weighted by molar-refractivity contribution is -0.110. The number of aryl methyl sites for hydroxylation is 1. The Hall–Kier alpha value is -3.42. The van der Waals surface area contributed by atoms with E-state index in [2.05, 4.69) is 9.65 Å². The molecule has 54 heavy (non-hydrogen) atoms. The summed E-state index contributed by atoms with van der Waals surface area (Å²) < 4.78 is 36.0. The van der Waals surface area contributed by atoms with Crippen molar-refractivity contribution in [2.75, 3.05) is 45.4 Å². The van der Waals surface area contributed by atoms with Crippen LogP contribution in [0.5, 0.6) is 11.5 Å². The minimum absolute atomic E-state index is 0.111. The largest absolute Gasteiger partial charge is 0.497 e. The maximum absolute atomic E-state index is 13.2. The van der Waals surface area contributed by atoms with Gasteiger partial charge in [-0.05, 0) is 60.7 Å². The van der Waals surface area contributed by atoms with E-state index < -0.39 is 42.8 Å². The first kappa shape index (κ1) is 40.2. The fraction of sp³-hybridized carbons (Fsp3) is 0.425. The van der Waals surface area contributed by atoms with Crippen molar-refractivity contribution in [1.29, 1.82) is 0 Å². The van der Waals surface area contributed by atoms with Crippen LogP contribution in [0.25, 0.3) is 0 Å². The average molecular weight is 794 g/mol. The summed E-state index contributed by atoms with van der Waals surface area (Å²) in [4.78, 5) is 39.9. The highest BCUT2D eigenvalue weighted by atomic mass is 32.7. The number of nitrogens with zero attached hydrogens (tertiary/aromatic N) is 2. The zero-order valence-corrected chi connectivity index (χ0v) is 33.6. The quantitative estimate of drug-likeness (QED) is 0.0661. The number of thioether (sulfide) groups is 1. The number of hydrogen-bond donors (Lipinski definition) is 1. The Bertz CT molecular complexity index is 1890. The van der Waals surface area contributed by atoms with Crippen molar-refractivity contribution in [3.8, 4) is 11.5 Å². The maximum atomic E-state index is 13.2. The molecule has 1 N–H and O–H groups in total. The summed E-state index contributed by atoms with van der Waals surface area (Å²) in [6.45, 7) is 5.53. The van der Waals surface area contributed by atoms with Crippen LogP contribution in [-0.4, -0.2) is 77.0 Å². The van der Waals surface area contributed by atoms with Crippen LogP contribution in [0.3, 0.4) is 0 Å². The molecular formula is C40H48N3O8PS2. The molecule has 3 aromatic carbocycles. The van der Waals surface area contributed by atoms with Gasteiger partial charge in [-0.3, -0.25) is 23.8 Å². The van der Waals surface area contributed by atoms with Crippen LogP contribution in [0.4, 0.5) is 0 Å². The number of ether oxygens (including phenoxy) is 4. The third-order valence-electron chi connectivity index (χ3n) is 9.65. The summed E-state index contributed by atoms with van der Waals surface area (Å²) in [7, 11) is 2.17. The first-order chi connectivity index (χ1) is 26.2. The van der Waals surface area contributed by atoms with Crippen molar-refractivity contribution < 1.29 is 28.3 Å². The fourth-order valence-corrected chi connectivity index (χ4v) is 12.0. The molecule has 4 atom stereocenters. The van der Waals surface area contributed by atoms with Crippen molar-refractivity contribution in [2.45, 2.75) is 63.6 Å². The average Bonchev–Trinajstić information content (AvgIpc) is 3.89. The van der Waals surface area contributed by atoms with Crippen molar-refractivity contribution in [3.63, 3.8) is 0 Å². The number of methoxy groups -OCH3 is 2. The van der Waals surface area contributed by atoms with Gasteiger partial charge in [-0.1, -0.05) is 84.7 Å². The van der Waals surface area contributed by atoms with Crippen LogP contribution >= 0.6 is 30.6 Å². The monoisotopic (exact) mass is 793 g/mol. The fourth-order valence-electron chi connectivity index (χ4n) is 6.74. The van der Waals surface area contributed by atoms with E-state index in [1.54, 1.807) is 38.7 Å². The Labute approximate surface area is 325 Å². The molecule has 2 aliphatic heterocycles. The van der Waals surface area contributed by atoms with Gasteiger partial charge in [-0.25, -0.2) is 4.79 Å². The number of nitrogens with one attached hydrogen (secondary N) is 1. The van der Waals surface area contributed by atoms with E-state index in [1.807, 2.05) is 85.8 Å². The molecule has 288 valence electrons. The van der Waals surface area contributed by atoms with Crippen LogP contribution in [-0.2, 0) is 24.4 Å². The van der Waals surface area contributed by atoms with E-state index in [-0.39, 0.29) is 11.7 Å². The van der Waals surface area contributed by atoms with Gasteiger partial charge < -0.3 is 23.5 Å². The van der Waals surface area contributed by atoms with Crippen molar-refractivity contribution >= 4 is 35.8 Å². The van der Waals surface area contributed by atoms with Crippen LogP contribution < -0.4 is 20.7 Å². The third kappa shape index (κ3) is 9.33. The molecule has 2 aliphatic rings. The van der Waals surface area contributed by atoms with Gasteiger partial charge in [-0.15, -0.1) is 0 Å². The molecule has 1 aromatic heterocycles.